The summed E-state index contributed by atoms with van der Waals surface area (Å²) in [6.07, 6.45) is 0. The topological polar surface area (TPSA) is 27.7 Å². The Kier molecular flexibility index (Phi) is 4.81. The van der Waals surface area contributed by atoms with Crippen LogP contribution in [0, 0.1) is 0 Å². The molecule has 0 aromatic heterocycles. The molecule has 0 aliphatic rings. The molecule has 1 aromatic carbocycles. The van der Waals surface area contributed by atoms with Crippen LogP contribution in [0.2, 0.25) is 0 Å². The first-order chi connectivity index (χ1) is 7.20. The SMILES string of the molecule is CO[Si](OC)(OC)C(S)c1ccccc1. The minimum Gasteiger partial charge on any atom is -0.376 e. The first-order valence-electron chi connectivity index (χ1n) is 4.58. The van der Waals surface area contributed by atoms with Crippen molar-refractivity contribution in [3.8, 4) is 0 Å². The van der Waals surface area contributed by atoms with Crippen LogP contribution in [0.3, 0.4) is 0 Å². The first kappa shape index (κ1) is 12.7. The van der Waals surface area contributed by atoms with E-state index in [1.165, 1.54) is 0 Å². The van der Waals surface area contributed by atoms with Crippen molar-refractivity contribution in [1.29, 1.82) is 0 Å². The van der Waals surface area contributed by atoms with Gasteiger partial charge in [-0.1, -0.05) is 30.3 Å². The van der Waals surface area contributed by atoms with E-state index in [9.17, 15) is 0 Å². The zero-order valence-electron chi connectivity index (χ0n) is 9.14. The lowest BCUT2D eigenvalue weighted by Crippen LogP contribution is -2.47. The average molecular weight is 244 g/mol. The molecule has 0 N–H and O–H groups in total. The predicted octanol–water partition coefficient (Wildman–Crippen LogP) is 2.07. The molecule has 15 heavy (non-hydrogen) atoms. The largest absolute Gasteiger partial charge is 0.518 e. The van der Waals surface area contributed by atoms with Gasteiger partial charge in [-0.25, -0.2) is 0 Å². The van der Waals surface area contributed by atoms with Crippen LogP contribution in [-0.2, 0) is 13.3 Å². The highest BCUT2D eigenvalue weighted by Crippen LogP contribution is 2.31. The molecule has 0 amide bonds. The minimum absolute atomic E-state index is 0.168. The molecule has 0 spiro atoms. The monoisotopic (exact) mass is 244 g/mol. The Bertz CT molecular complexity index is 282. The van der Waals surface area contributed by atoms with Crippen LogP contribution < -0.4 is 0 Å². The van der Waals surface area contributed by atoms with Gasteiger partial charge in [0.05, 0.1) is 4.87 Å². The van der Waals surface area contributed by atoms with Gasteiger partial charge < -0.3 is 13.3 Å². The maximum Gasteiger partial charge on any atom is 0.518 e. The summed E-state index contributed by atoms with van der Waals surface area (Å²) in [7, 11) is 2.07. The molecule has 1 unspecified atom stereocenters. The Morgan fingerprint density at radius 3 is 1.87 bits per heavy atom. The Morgan fingerprint density at radius 1 is 1.00 bits per heavy atom. The summed E-state index contributed by atoms with van der Waals surface area (Å²) in [6, 6.07) is 9.84. The summed E-state index contributed by atoms with van der Waals surface area (Å²) in [5, 5.41) is 0. The zero-order valence-corrected chi connectivity index (χ0v) is 11.0. The molecule has 0 fully saturated rings. The third kappa shape index (κ3) is 2.62. The van der Waals surface area contributed by atoms with Gasteiger partial charge >= 0.3 is 8.80 Å². The third-order valence-electron chi connectivity index (χ3n) is 2.30. The van der Waals surface area contributed by atoms with E-state index < -0.39 is 8.80 Å². The molecule has 0 aliphatic carbocycles. The van der Waals surface area contributed by atoms with E-state index in [4.69, 9.17) is 13.3 Å². The number of hydrogen-bond acceptors (Lipinski definition) is 4. The lowest BCUT2D eigenvalue weighted by molar-refractivity contribution is 0.122. The maximum absolute atomic E-state index is 5.37. The minimum atomic E-state index is -2.70. The van der Waals surface area contributed by atoms with Gasteiger partial charge in [-0.3, -0.25) is 0 Å². The molecule has 1 rings (SSSR count). The summed E-state index contributed by atoms with van der Waals surface area (Å²) in [4.78, 5) is -0.168. The van der Waals surface area contributed by atoms with Gasteiger partial charge in [0.25, 0.3) is 0 Å². The van der Waals surface area contributed by atoms with Gasteiger partial charge in [-0.15, -0.1) is 0 Å². The second kappa shape index (κ2) is 5.67. The average Bonchev–Trinajstić information content (AvgIpc) is 2.33. The molecule has 0 heterocycles. The van der Waals surface area contributed by atoms with Gasteiger partial charge in [-0.05, 0) is 5.56 Å². The Labute approximate surface area is 97.1 Å². The second-order valence-corrected chi connectivity index (χ2v) is 7.04. The normalized spacial score (nSPS) is 13.9. The molecule has 84 valence electrons. The van der Waals surface area contributed by atoms with Crippen LogP contribution in [0.1, 0.15) is 10.4 Å². The molecule has 0 saturated carbocycles. The van der Waals surface area contributed by atoms with Gasteiger partial charge in [0, 0.05) is 21.3 Å². The maximum atomic E-state index is 5.37. The first-order valence-corrected chi connectivity index (χ1v) is 6.90. The molecule has 0 radical (unpaired) electrons. The van der Waals surface area contributed by atoms with E-state index in [0.29, 0.717) is 0 Å². The quantitative estimate of drug-likeness (QED) is 0.635. The Morgan fingerprint density at radius 2 is 1.47 bits per heavy atom. The number of hydrogen-bond donors (Lipinski definition) is 1. The fourth-order valence-electron chi connectivity index (χ4n) is 1.42. The zero-order chi connectivity index (χ0) is 11.3. The van der Waals surface area contributed by atoms with Crippen LogP contribution >= 0.6 is 12.6 Å². The number of benzene rings is 1. The van der Waals surface area contributed by atoms with E-state index in [1.807, 2.05) is 30.3 Å². The molecule has 0 aliphatic heterocycles. The highest BCUT2D eigenvalue weighted by molar-refractivity contribution is 7.82. The lowest BCUT2D eigenvalue weighted by atomic mass is 10.2. The summed E-state index contributed by atoms with van der Waals surface area (Å²) in [5.41, 5.74) is 1.04. The second-order valence-electron chi connectivity index (χ2n) is 3.03. The van der Waals surface area contributed by atoms with E-state index in [0.717, 1.165) is 5.56 Å². The standard InChI is InChI=1S/C10H16O3SSi/c1-11-15(12-2,13-3)10(14)9-7-5-4-6-8-9/h4-8,10,14H,1-3H3. The van der Waals surface area contributed by atoms with Gasteiger partial charge in [0.15, 0.2) is 0 Å². The molecule has 1 atom stereocenters. The van der Waals surface area contributed by atoms with E-state index >= 15 is 0 Å². The summed E-state index contributed by atoms with van der Waals surface area (Å²) in [5.74, 6) is 0. The smallest absolute Gasteiger partial charge is 0.376 e. The van der Waals surface area contributed by atoms with Crippen LogP contribution in [0.25, 0.3) is 0 Å². The molecule has 5 heteroatoms. The van der Waals surface area contributed by atoms with Crippen molar-refractivity contribution < 1.29 is 13.3 Å². The molecule has 1 aromatic rings. The van der Waals surface area contributed by atoms with Crippen molar-refractivity contribution in [3.63, 3.8) is 0 Å². The van der Waals surface area contributed by atoms with E-state index in [-0.39, 0.29) is 4.87 Å². The van der Waals surface area contributed by atoms with E-state index in [1.54, 1.807) is 21.3 Å². The molecular formula is C10H16O3SSi. The third-order valence-corrected chi connectivity index (χ3v) is 6.26. The number of thiol groups is 1. The van der Waals surface area contributed by atoms with Crippen LogP contribution in [0.5, 0.6) is 0 Å². The van der Waals surface area contributed by atoms with Crippen LogP contribution in [0.15, 0.2) is 30.3 Å². The molecular weight excluding hydrogens is 228 g/mol. The fourth-order valence-corrected chi connectivity index (χ4v) is 4.32. The van der Waals surface area contributed by atoms with Crippen molar-refractivity contribution in [2.75, 3.05) is 21.3 Å². The van der Waals surface area contributed by atoms with Crippen molar-refractivity contribution in [2.24, 2.45) is 0 Å². The summed E-state index contributed by atoms with van der Waals surface area (Å²) in [6.45, 7) is 0. The highest BCUT2D eigenvalue weighted by Gasteiger charge is 2.46. The van der Waals surface area contributed by atoms with Gasteiger partial charge in [0.2, 0.25) is 0 Å². The van der Waals surface area contributed by atoms with Crippen LogP contribution in [0.4, 0.5) is 0 Å². The summed E-state index contributed by atoms with van der Waals surface area (Å²) >= 11 is 4.53. The lowest BCUT2D eigenvalue weighted by Gasteiger charge is -2.29. The predicted molar refractivity (Wildman–Crippen MR) is 65.0 cm³/mol. The Hall–Kier alpha value is -0.333. The van der Waals surface area contributed by atoms with Gasteiger partial charge in [-0.2, -0.15) is 12.6 Å². The van der Waals surface area contributed by atoms with Crippen molar-refractivity contribution in [1.82, 2.24) is 0 Å². The Balaban J connectivity index is 2.95. The molecule has 0 bridgehead atoms. The van der Waals surface area contributed by atoms with Crippen LogP contribution in [-0.4, -0.2) is 30.1 Å². The molecule has 3 nitrogen and oxygen atoms in total. The highest BCUT2D eigenvalue weighted by atomic mass is 32.1. The van der Waals surface area contributed by atoms with Crippen molar-refractivity contribution in [3.05, 3.63) is 35.9 Å². The fraction of sp³-hybridized carbons (Fsp3) is 0.400. The van der Waals surface area contributed by atoms with Crippen molar-refractivity contribution >= 4 is 21.4 Å². The molecule has 0 saturated heterocycles. The van der Waals surface area contributed by atoms with Crippen molar-refractivity contribution in [2.45, 2.75) is 4.87 Å². The number of rotatable bonds is 5. The summed E-state index contributed by atoms with van der Waals surface area (Å²) < 4.78 is 16.1. The van der Waals surface area contributed by atoms with Gasteiger partial charge in [0.1, 0.15) is 0 Å². The van der Waals surface area contributed by atoms with E-state index in [2.05, 4.69) is 12.6 Å².